The molecule has 0 atom stereocenters. The molecule has 9 aromatic carbocycles. The zero-order chi connectivity index (χ0) is 36.3. The number of hydrogen-bond acceptors (Lipinski definition) is 3. The molecule has 0 N–H and O–H groups in total. The molecule has 2 aromatic heterocycles. The fraction of sp³-hybridized carbons (Fsp3) is 0. The van der Waals surface area contributed by atoms with E-state index in [2.05, 4.69) is 193 Å². The van der Waals surface area contributed by atoms with Crippen LogP contribution >= 0.6 is 11.3 Å². The molecule has 2 heterocycles. The zero-order valence-electron chi connectivity index (χ0n) is 29.8. The number of furan rings is 1. The average molecular weight is 720 g/mol. The summed E-state index contributed by atoms with van der Waals surface area (Å²) in [4.78, 5) is 2.39. The van der Waals surface area contributed by atoms with Crippen LogP contribution in [0.2, 0.25) is 0 Å². The van der Waals surface area contributed by atoms with Crippen molar-refractivity contribution in [2.75, 3.05) is 4.90 Å². The van der Waals surface area contributed by atoms with Crippen molar-refractivity contribution in [1.82, 2.24) is 0 Å². The van der Waals surface area contributed by atoms with Gasteiger partial charge in [-0.1, -0.05) is 146 Å². The van der Waals surface area contributed by atoms with E-state index in [4.69, 9.17) is 4.42 Å². The summed E-state index contributed by atoms with van der Waals surface area (Å²) in [7, 11) is 0. The van der Waals surface area contributed by atoms with Crippen molar-refractivity contribution in [2.45, 2.75) is 0 Å². The van der Waals surface area contributed by atoms with Crippen LogP contribution in [0.1, 0.15) is 0 Å². The molecule has 0 fully saturated rings. The summed E-state index contributed by atoms with van der Waals surface area (Å²) in [6.07, 6.45) is 0. The van der Waals surface area contributed by atoms with Gasteiger partial charge >= 0.3 is 0 Å². The van der Waals surface area contributed by atoms with Crippen molar-refractivity contribution in [3.05, 3.63) is 200 Å². The van der Waals surface area contributed by atoms with Crippen LogP contribution < -0.4 is 4.90 Å². The fourth-order valence-electron chi connectivity index (χ4n) is 8.25. The van der Waals surface area contributed by atoms with Crippen molar-refractivity contribution in [1.29, 1.82) is 0 Å². The third-order valence-electron chi connectivity index (χ3n) is 10.9. The van der Waals surface area contributed by atoms with E-state index in [0.717, 1.165) is 33.6 Å². The number of hydrogen-bond donors (Lipinski definition) is 0. The molecule has 3 heteroatoms. The first-order chi connectivity index (χ1) is 27.3. The van der Waals surface area contributed by atoms with E-state index in [1.54, 1.807) is 0 Å². The number of nitrogens with zero attached hydrogens (tertiary/aromatic N) is 1. The minimum absolute atomic E-state index is 0.917. The van der Waals surface area contributed by atoms with Crippen LogP contribution in [0.3, 0.4) is 0 Å². The Hall–Kier alpha value is -6.94. The molecule has 0 saturated carbocycles. The summed E-state index contributed by atoms with van der Waals surface area (Å²) >= 11 is 1.87. The second-order valence-electron chi connectivity index (χ2n) is 14.1. The second kappa shape index (κ2) is 12.9. The quantitative estimate of drug-likeness (QED) is 0.170. The molecule has 0 unspecified atom stereocenters. The number of anilines is 3. The van der Waals surface area contributed by atoms with Gasteiger partial charge in [0.2, 0.25) is 0 Å². The number of benzene rings is 9. The van der Waals surface area contributed by atoms with Crippen LogP contribution in [-0.4, -0.2) is 0 Å². The Morgan fingerprint density at radius 3 is 1.84 bits per heavy atom. The smallest absolute Gasteiger partial charge is 0.136 e. The SMILES string of the molecule is c1ccc(-c2ccccc2N(c2ccc(-c3ccc4ccc5oc6ccccc6c5c4c3)cc2)c2ccc(-c3cccc4c3sc3ccccc34)cc2)cc1. The minimum atomic E-state index is 0.917. The highest BCUT2D eigenvalue weighted by atomic mass is 32.1. The van der Waals surface area contributed by atoms with Crippen molar-refractivity contribution in [2.24, 2.45) is 0 Å². The van der Waals surface area contributed by atoms with Crippen LogP contribution in [0.5, 0.6) is 0 Å². The molecule has 0 aliphatic carbocycles. The third-order valence-corrected chi connectivity index (χ3v) is 12.1. The van der Waals surface area contributed by atoms with Crippen LogP contribution in [0.25, 0.3) is 86.3 Å². The second-order valence-corrected chi connectivity index (χ2v) is 15.1. The average Bonchev–Trinajstić information content (AvgIpc) is 3.84. The Balaban J connectivity index is 1.02. The maximum absolute atomic E-state index is 6.23. The molecule has 55 heavy (non-hydrogen) atoms. The molecule has 11 rings (SSSR count). The van der Waals surface area contributed by atoms with Gasteiger partial charge < -0.3 is 9.32 Å². The van der Waals surface area contributed by atoms with E-state index >= 15 is 0 Å². The topological polar surface area (TPSA) is 16.4 Å². The van der Waals surface area contributed by atoms with Gasteiger partial charge in [-0.15, -0.1) is 11.3 Å². The zero-order valence-corrected chi connectivity index (χ0v) is 30.6. The summed E-state index contributed by atoms with van der Waals surface area (Å²) in [5.74, 6) is 0. The number of para-hydroxylation sites is 2. The highest BCUT2D eigenvalue weighted by Gasteiger charge is 2.19. The molecule has 0 aliphatic rings. The van der Waals surface area contributed by atoms with E-state index in [9.17, 15) is 0 Å². The normalized spacial score (nSPS) is 11.6. The van der Waals surface area contributed by atoms with Gasteiger partial charge in [0.1, 0.15) is 11.2 Å². The first-order valence-corrected chi connectivity index (χ1v) is 19.5. The van der Waals surface area contributed by atoms with E-state index in [0.29, 0.717) is 0 Å². The standard InChI is InChI=1S/C52H33NOS/c1-2-11-35(12-3-1)41-13-4-7-18-47(41)53(40-30-25-36(26-31-40)42-16-10-17-44-43-14-6-9-20-50(43)55-52(42)44)39-28-23-34(24-29-39)38-22-21-37-27-32-49-51(46(37)33-38)45-15-5-8-19-48(45)54-49/h1-33H. The van der Waals surface area contributed by atoms with Gasteiger partial charge in [-0.2, -0.15) is 0 Å². The lowest BCUT2D eigenvalue weighted by atomic mass is 9.97. The molecule has 0 radical (unpaired) electrons. The molecule has 0 bridgehead atoms. The first-order valence-electron chi connectivity index (χ1n) is 18.7. The predicted molar refractivity (Wildman–Crippen MR) is 235 cm³/mol. The van der Waals surface area contributed by atoms with Gasteiger partial charge in [-0.25, -0.2) is 0 Å². The van der Waals surface area contributed by atoms with Crippen molar-refractivity contribution < 1.29 is 4.42 Å². The Kier molecular flexibility index (Phi) is 7.39. The lowest BCUT2D eigenvalue weighted by molar-refractivity contribution is 0.669. The molecule has 0 spiro atoms. The van der Waals surface area contributed by atoms with Gasteiger partial charge in [-0.05, 0) is 93.2 Å². The molecule has 2 nitrogen and oxygen atoms in total. The van der Waals surface area contributed by atoms with Crippen LogP contribution in [0.15, 0.2) is 205 Å². The molecular weight excluding hydrogens is 687 g/mol. The Morgan fingerprint density at radius 1 is 0.382 bits per heavy atom. The van der Waals surface area contributed by atoms with E-state index in [1.807, 2.05) is 23.5 Å². The van der Waals surface area contributed by atoms with Gasteiger partial charge in [0.15, 0.2) is 0 Å². The molecule has 0 amide bonds. The number of rotatable bonds is 6. The highest BCUT2D eigenvalue weighted by molar-refractivity contribution is 7.26. The minimum Gasteiger partial charge on any atom is -0.456 e. The molecule has 0 saturated heterocycles. The van der Waals surface area contributed by atoms with Crippen molar-refractivity contribution >= 4 is 81.3 Å². The lowest BCUT2D eigenvalue weighted by Crippen LogP contribution is -2.11. The van der Waals surface area contributed by atoms with E-state index < -0.39 is 0 Å². The largest absolute Gasteiger partial charge is 0.456 e. The van der Waals surface area contributed by atoms with E-state index in [-0.39, 0.29) is 0 Å². The Morgan fingerprint density at radius 2 is 1.00 bits per heavy atom. The summed E-state index contributed by atoms with van der Waals surface area (Å²) in [5.41, 5.74) is 12.3. The summed E-state index contributed by atoms with van der Waals surface area (Å²) in [6.45, 7) is 0. The van der Waals surface area contributed by atoms with Gasteiger partial charge in [-0.3, -0.25) is 0 Å². The summed E-state index contributed by atoms with van der Waals surface area (Å²) in [5, 5.41) is 7.36. The maximum atomic E-state index is 6.23. The first kappa shape index (κ1) is 31.6. The monoisotopic (exact) mass is 719 g/mol. The van der Waals surface area contributed by atoms with Gasteiger partial charge in [0, 0.05) is 47.9 Å². The Bertz CT molecular complexity index is 3190. The predicted octanol–water partition coefficient (Wildman–Crippen LogP) is 15.6. The van der Waals surface area contributed by atoms with Crippen LogP contribution in [0, 0.1) is 0 Å². The number of fused-ring (bicyclic) bond motifs is 8. The van der Waals surface area contributed by atoms with Gasteiger partial charge in [0.25, 0.3) is 0 Å². The molecular formula is C52H33NOS. The van der Waals surface area contributed by atoms with Crippen LogP contribution in [-0.2, 0) is 0 Å². The number of thiophene rings is 1. The van der Waals surface area contributed by atoms with Crippen molar-refractivity contribution in [3.63, 3.8) is 0 Å². The van der Waals surface area contributed by atoms with Crippen molar-refractivity contribution in [3.8, 4) is 33.4 Å². The highest BCUT2D eigenvalue weighted by Crippen LogP contribution is 2.44. The summed E-state index contributed by atoms with van der Waals surface area (Å²) in [6, 6.07) is 72.2. The summed E-state index contributed by atoms with van der Waals surface area (Å²) < 4.78 is 8.88. The molecule has 11 aromatic rings. The third kappa shape index (κ3) is 5.32. The maximum Gasteiger partial charge on any atom is 0.136 e. The molecule has 0 aliphatic heterocycles. The van der Waals surface area contributed by atoms with Gasteiger partial charge in [0.05, 0.1) is 5.69 Å². The van der Waals surface area contributed by atoms with Crippen LogP contribution in [0.4, 0.5) is 17.1 Å². The fourth-order valence-corrected chi connectivity index (χ4v) is 9.49. The Labute approximate surface area is 322 Å². The lowest BCUT2D eigenvalue weighted by Gasteiger charge is -2.28. The molecule has 258 valence electrons. The van der Waals surface area contributed by atoms with E-state index in [1.165, 1.54) is 69.7 Å².